The quantitative estimate of drug-likeness (QED) is 0.313. The number of nitrogens with zero attached hydrogens (tertiary/aromatic N) is 1. The van der Waals surface area contributed by atoms with Crippen molar-refractivity contribution in [1.29, 1.82) is 0 Å². The van der Waals surface area contributed by atoms with Gasteiger partial charge in [0.15, 0.2) is 11.4 Å². The largest absolute Gasteiger partial charge is 0.510 e. The third kappa shape index (κ3) is 3.62. The first-order valence-electron chi connectivity index (χ1n) is 11.6. The Hall–Kier alpha value is -2.92. The van der Waals surface area contributed by atoms with Gasteiger partial charge < -0.3 is 31.5 Å². The van der Waals surface area contributed by atoms with Crippen LogP contribution in [0.2, 0.25) is 5.02 Å². The molecular formula is C25H30ClN3O7. The number of phenols is 1. The molecule has 7 N–H and O–H groups in total. The Balaban J connectivity index is 1.90. The van der Waals surface area contributed by atoms with Crippen LogP contribution in [0.3, 0.4) is 0 Å². The third-order valence-electron chi connectivity index (χ3n) is 7.43. The number of hydrogen-bond donors (Lipinski definition) is 6. The molecular weight excluding hydrogens is 490 g/mol. The minimum absolute atomic E-state index is 0.0112. The zero-order valence-corrected chi connectivity index (χ0v) is 21.2. The summed E-state index contributed by atoms with van der Waals surface area (Å²) in [6.07, 6.45) is 0.160. The van der Waals surface area contributed by atoms with Crippen LogP contribution in [0.1, 0.15) is 41.8 Å². The van der Waals surface area contributed by atoms with Crippen LogP contribution < -0.4 is 11.1 Å². The van der Waals surface area contributed by atoms with Crippen molar-refractivity contribution in [3.05, 3.63) is 50.4 Å². The lowest BCUT2D eigenvalue weighted by Crippen LogP contribution is -2.63. The molecule has 36 heavy (non-hydrogen) atoms. The zero-order valence-electron chi connectivity index (χ0n) is 20.4. The van der Waals surface area contributed by atoms with E-state index >= 15 is 0 Å². The van der Waals surface area contributed by atoms with Crippen molar-refractivity contribution in [3.8, 4) is 5.75 Å². The fourth-order valence-electron chi connectivity index (χ4n) is 5.80. The van der Waals surface area contributed by atoms with Gasteiger partial charge in [0.2, 0.25) is 5.78 Å². The number of allylic oxidation sites excluding steroid dienone is 1. The number of hydrogen-bond acceptors (Lipinski definition) is 9. The Bertz CT molecular complexity index is 1250. The lowest BCUT2D eigenvalue weighted by atomic mass is 9.58. The molecule has 3 aliphatic carbocycles. The fraction of sp³-hybridized carbons (Fsp3) is 0.480. The molecule has 0 fully saturated rings. The number of aromatic hydroxyl groups is 1. The van der Waals surface area contributed by atoms with Crippen molar-refractivity contribution in [1.82, 2.24) is 10.2 Å². The first kappa shape index (κ1) is 26.2. The lowest BCUT2D eigenvalue weighted by Gasteiger charge is -2.50. The van der Waals surface area contributed by atoms with Gasteiger partial charge in [-0.15, -0.1) is 0 Å². The maximum Gasteiger partial charge on any atom is 0.255 e. The van der Waals surface area contributed by atoms with Gasteiger partial charge in [0.25, 0.3) is 5.91 Å². The summed E-state index contributed by atoms with van der Waals surface area (Å²) >= 11 is 6.67. The van der Waals surface area contributed by atoms with E-state index < -0.39 is 58.0 Å². The molecule has 0 bridgehead atoms. The number of nitrogens with one attached hydrogen (secondary N) is 1. The van der Waals surface area contributed by atoms with Gasteiger partial charge in [-0.3, -0.25) is 19.3 Å². The van der Waals surface area contributed by atoms with Crippen LogP contribution in [-0.2, 0) is 22.6 Å². The summed E-state index contributed by atoms with van der Waals surface area (Å²) in [5, 5.41) is 47.9. The summed E-state index contributed by atoms with van der Waals surface area (Å²) in [5.41, 5.74) is 2.53. The average molecular weight is 520 g/mol. The van der Waals surface area contributed by atoms with Gasteiger partial charge in [0.05, 0.1) is 11.6 Å². The number of primary amides is 1. The van der Waals surface area contributed by atoms with E-state index in [1.54, 1.807) is 14.1 Å². The van der Waals surface area contributed by atoms with E-state index in [2.05, 4.69) is 5.32 Å². The Morgan fingerprint density at radius 3 is 2.47 bits per heavy atom. The maximum absolute atomic E-state index is 13.6. The summed E-state index contributed by atoms with van der Waals surface area (Å²) in [5.74, 6) is -6.87. The number of rotatable bonds is 5. The second-order valence-corrected chi connectivity index (χ2v) is 10.6. The van der Waals surface area contributed by atoms with Crippen LogP contribution in [0.15, 0.2) is 28.7 Å². The first-order chi connectivity index (χ1) is 16.7. The van der Waals surface area contributed by atoms with Crippen molar-refractivity contribution in [3.63, 3.8) is 0 Å². The number of carbonyl (C=O) groups is 3. The number of phenolic OH excluding ortho intramolecular Hbond substituents is 1. The van der Waals surface area contributed by atoms with Gasteiger partial charge >= 0.3 is 0 Å². The number of aliphatic hydroxyl groups excluding tert-OH is 2. The van der Waals surface area contributed by atoms with Gasteiger partial charge in [0.1, 0.15) is 22.8 Å². The molecule has 0 saturated carbocycles. The lowest BCUT2D eigenvalue weighted by molar-refractivity contribution is -0.148. The number of Topliss-reactive ketones (excluding diaryl/α,β-unsaturated/α-hetero) is 2. The average Bonchev–Trinajstić information content (AvgIpc) is 2.77. The second-order valence-electron chi connectivity index (χ2n) is 10.2. The van der Waals surface area contributed by atoms with Gasteiger partial charge in [-0.25, -0.2) is 0 Å². The van der Waals surface area contributed by atoms with E-state index in [1.165, 1.54) is 11.0 Å². The highest BCUT2D eigenvalue weighted by atomic mass is 35.5. The van der Waals surface area contributed by atoms with Crippen LogP contribution in [0, 0.1) is 11.8 Å². The number of carbonyl (C=O) groups excluding carboxylic acids is 3. The molecule has 4 atom stereocenters. The Morgan fingerprint density at radius 1 is 1.28 bits per heavy atom. The summed E-state index contributed by atoms with van der Waals surface area (Å²) in [7, 11) is 3.16. The summed E-state index contributed by atoms with van der Waals surface area (Å²) in [6, 6.07) is 0.494. The normalized spacial score (nSPS) is 27.9. The predicted octanol–water partition coefficient (Wildman–Crippen LogP) is 1.27. The molecule has 3 aliphatic rings. The molecule has 1 amide bonds. The van der Waals surface area contributed by atoms with E-state index in [9.17, 15) is 34.8 Å². The molecule has 0 saturated heterocycles. The first-order valence-corrected chi connectivity index (χ1v) is 12.0. The smallest absolute Gasteiger partial charge is 0.255 e. The number of ketones is 2. The second kappa shape index (κ2) is 8.88. The Kier molecular flexibility index (Phi) is 6.45. The van der Waals surface area contributed by atoms with Crippen molar-refractivity contribution < 1.29 is 34.8 Å². The molecule has 4 rings (SSSR count). The highest BCUT2D eigenvalue weighted by Crippen LogP contribution is 2.53. The molecule has 0 spiro atoms. The Labute approximate surface area is 213 Å². The number of fused-ring (bicyclic) bond motifs is 3. The van der Waals surface area contributed by atoms with E-state index in [1.807, 2.05) is 13.8 Å². The third-order valence-corrected chi connectivity index (χ3v) is 7.90. The van der Waals surface area contributed by atoms with E-state index in [-0.39, 0.29) is 35.8 Å². The van der Waals surface area contributed by atoms with Gasteiger partial charge in [-0.1, -0.05) is 25.4 Å². The summed E-state index contributed by atoms with van der Waals surface area (Å²) < 4.78 is 0. The van der Waals surface area contributed by atoms with E-state index in [0.29, 0.717) is 22.7 Å². The number of likely N-dealkylation sites (N-methyl/N-ethyl adjacent to an activating group) is 1. The van der Waals surface area contributed by atoms with Crippen LogP contribution in [0.4, 0.5) is 0 Å². The molecule has 0 radical (unpaired) electrons. The van der Waals surface area contributed by atoms with Crippen LogP contribution >= 0.6 is 11.6 Å². The monoisotopic (exact) mass is 519 g/mol. The van der Waals surface area contributed by atoms with Crippen molar-refractivity contribution in [2.45, 2.75) is 50.9 Å². The Morgan fingerprint density at radius 2 is 1.92 bits per heavy atom. The minimum atomic E-state index is -2.66. The SMILES string of the molecule is CC(C)NCc1cc(O)c2c(c1Cl)C[C@H]1C[C@H]3[C@H](N(C)C)C(O)=C(C(N)=O)C(=O)[C@@]3(O)C(O)=C1C2=O. The molecule has 194 valence electrons. The highest BCUT2D eigenvalue weighted by molar-refractivity contribution is 6.33. The van der Waals surface area contributed by atoms with Gasteiger partial charge in [-0.2, -0.15) is 0 Å². The minimum Gasteiger partial charge on any atom is -0.510 e. The molecule has 0 aliphatic heterocycles. The van der Waals surface area contributed by atoms with E-state index in [0.717, 1.165) is 0 Å². The van der Waals surface area contributed by atoms with Crippen LogP contribution in [-0.4, -0.2) is 74.6 Å². The summed E-state index contributed by atoms with van der Waals surface area (Å²) in [6.45, 7) is 4.27. The zero-order chi connectivity index (χ0) is 26.9. The number of amides is 1. The number of benzene rings is 1. The molecule has 10 nitrogen and oxygen atoms in total. The fourth-order valence-corrected chi connectivity index (χ4v) is 6.09. The van der Waals surface area contributed by atoms with Gasteiger partial charge in [0, 0.05) is 29.1 Å². The number of halogens is 1. The van der Waals surface area contributed by atoms with Crippen LogP contribution in [0.25, 0.3) is 0 Å². The standard InChI is InChI=1S/C25H30ClN3O7/c1-9(2)28-8-11-7-14(30)16-12(18(11)26)5-10-6-13-19(29(3)4)21(32)17(24(27)35)23(34)25(13,36)22(33)15(10)20(16)31/h7,9-10,13,19,28,30,32-33,36H,5-6,8H2,1-4H3,(H2,27,35)/t10-,13-,19-,25-/m0/s1. The topological polar surface area (TPSA) is 173 Å². The molecule has 0 aromatic heterocycles. The number of aliphatic hydroxyl groups is 3. The molecule has 1 aromatic rings. The predicted molar refractivity (Wildman–Crippen MR) is 131 cm³/mol. The van der Waals surface area contributed by atoms with Crippen molar-refractivity contribution >= 4 is 29.1 Å². The van der Waals surface area contributed by atoms with Gasteiger partial charge in [-0.05, 0) is 50.0 Å². The number of nitrogens with two attached hydrogens (primary N) is 1. The molecule has 1 aromatic carbocycles. The van der Waals surface area contributed by atoms with Crippen molar-refractivity contribution in [2.75, 3.05) is 14.1 Å². The van der Waals surface area contributed by atoms with Crippen molar-refractivity contribution in [2.24, 2.45) is 17.6 Å². The summed E-state index contributed by atoms with van der Waals surface area (Å²) in [4.78, 5) is 40.4. The van der Waals surface area contributed by atoms with Crippen LogP contribution in [0.5, 0.6) is 5.75 Å². The highest BCUT2D eigenvalue weighted by Gasteiger charge is 2.63. The molecule has 0 heterocycles. The molecule has 11 heteroatoms. The maximum atomic E-state index is 13.6. The van der Waals surface area contributed by atoms with E-state index in [4.69, 9.17) is 17.3 Å². The molecule has 0 unspecified atom stereocenters.